The predicted molar refractivity (Wildman–Crippen MR) is 264 cm³/mol. The standard InChI is InChI=1S/C58H36N4S/c1-3-12-37(13-4-1)39-22-28-43(29-23-39)56-60-57(44-30-24-40(25-31-44)38-14-5-2-6-15-38)62-58(61-56)45-32-26-41(27-33-45)46-17-11-18-47(36-46)54-53-49-20-9-10-21-51(49)63-55(53)52-48-19-8-7-16-42(48)34-35-50(52)59-54/h1-36H. The summed E-state index contributed by atoms with van der Waals surface area (Å²) in [5.41, 5.74) is 12.7. The zero-order valence-corrected chi connectivity index (χ0v) is 34.8. The van der Waals surface area contributed by atoms with Crippen LogP contribution in [0.4, 0.5) is 0 Å². The summed E-state index contributed by atoms with van der Waals surface area (Å²) in [5, 5.41) is 6.12. The Morgan fingerprint density at radius 2 is 0.730 bits per heavy atom. The molecule has 0 spiro atoms. The first-order valence-electron chi connectivity index (χ1n) is 21.1. The number of hydrogen-bond acceptors (Lipinski definition) is 5. The van der Waals surface area contributed by atoms with E-state index in [2.05, 4.69) is 206 Å². The molecule has 12 aromatic rings. The molecule has 3 heterocycles. The van der Waals surface area contributed by atoms with Crippen LogP contribution in [-0.4, -0.2) is 19.9 Å². The van der Waals surface area contributed by atoms with Crippen LogP contribution in [0.25, 0.3) is 121 Å². The van der Waals surface area contributed by atoms with E-state index in [0.717, 1.165) is 55.7 Å². The molecule has 0 amide bonds. The normalized spacial score (nSPS) is 11.5. The molecule has 4 nitrogen and oxygen atoms in total. The van der Waals surface area contributed by atoms with Crippen molar-refractivity contribution >= 4 is 53.2 Å². The monoisotopic (exact) mass is 820 g/mol. The number of rotatable bonds is 7. The molecular weight excluding hydrogens is 785 g/mol. The van der Waals surface area contributed by atoms with Crippen molar-refractivity contribution in [3.05, 3.63) is 218 Å². The van der Waals surface area contributed by atoms with E-state index in [-0.39, 0.29) is 0 Å². The molecular formula is C58H36N4S. The smallest absolute Gasteiger partial charge is 0.164 e. The molecule has 294 valence electrons. The Kier molecular flexibility index (Phi) is 8.98. The van der Waals surface area contributed by atoms with Crippen LogP contribution in [0.3, 0.4) is 0 Å². The van der Waals surface area contributed by atoms with Gasteiger partial charge in [-0.2, -0.15) is 0 Å². The maximum atomic E-state index is 5.43. The number of fused-ring (bicyclic) bond motifs is 7. The number of pyridine rings is 1. The lowest BCUT2D eigenvalue weighted by Crippen LogP contribution is -2.00. The van der Waals surface area contributed by atoms with Gasteiger partial charge in [0.25, 0.3) is 0 Å². The molecule has 0 radical (unpaired) electrons. The van der Waals surface area contributed by atoms with Gasteiger partial charge < -0.3 is 0 Å². The van der Waals surface area contributed by atoms with Gasteiger partial charge in [-0.3, -0.25) is 0 Å². The number of hydrogen-bond donors (Lipinski definition) is 0. The van der Waals surface area contributed by atoms with Crippen molar-refractivity contribution in [3.8, 4) is 78.8 Å². The van der Waals surface area contributed by atoms with Gasteiger partial charge in [-0.1, -0.05) is 200 Å². The number of nitrogens with zero attached hydrogens (tertiary/aromatic N) is 4. The van der Waals surface area contributed by atoms with Crippen LogP contribution in [0.2, 0.25) is 0 Å². The summed E-state index contributed by atoms with van der Waals surface area (Å²) in [6, 6.07) is 76.8. The maximum absolute atomic E-state index is 5.43. The minimum atomic E-state index is 0.620. The summed E-state index contributed by atoms with van der Waals surface area (Å²) in [5.74, 6) is 1.87. The summed E-state index contributed by atoms with van der Waals surface area (Å²) < 4.78 is 2.54. The van der Waals surface area contributed by atoms with E-state index in [4.69, 9.17) is 19.9 Å². The van der Waals surface area contributed by atoms with Crippen LogP contribution in [0.1, 0.15) is 0 Å². The zero-order chi connectivity index (χ0) is 41.7. The molecule has 0 aliphatic carbocycles. The second-order valence-electron chi connectivity index (χ2n) is 15.8. The molecule has 0 saturated carbocycles. The molecule has 0 aliphatic heterocycles. The van der Waals surface area contributed by atoms with Gasteiger partial charge in [0.1, 0.15) is 0 Å². The Bertz CT molecular complexity index is 3540. The third-order valence-corrected chi connectivity index (χ3v) is 13.1. The molecule has 0 bridgehead atoms. The van der Waals surface area contributed by atoms with Crippen LogP contribution in [0, 0.1) is 0 Å². The first-order chi connectivity index (χ1) is 31.2. The van der Waals surface area contributed by atoms with Crippen molar-refractivity contribution < 1.29 is 0 Å². The number of aromatic nitrogens is 4. The minimum Gasteiger partial charge on any atom is -0.247 e. The van der Waals surface area contributed by atoms with E-state index in [1.165, 1.54) is 47.5 Å². The topological polar surface area (TPSA) is 51.6 Å². The highest BCUT2D eigenvalue weighted by Gasteiger charge is 2.19. The molecule has 9 aromatic carbocycles. The highest BCUT2D eigenvalue weighted by molar-refractivity contribution is 7.27. The van der Waals surface area contributed by atoms with Crippen molar-refractivity contribution in [1.82, 2.24) is 19.9 Å². The van der Waals surface area contributed by atoms with Gasteiger partial charge in [-0.05, 0) is 62.4 Å². The highest BCUT2D eigenvalue weighted by atomic mass is 32.1. The Balaban J connectivity index is 0.931. The van der Waals surface area contributed by atoms with E-state index in [0.29, 0.717) is 17.5 Å². The molecule has 12 rings (SSSR count). The van der Waals surface area contributed by atoms with Gasteiger partial charge in [-0.15, -0.1) is 11.3 Å². The molecule has 5 heteroatoms. The average molecular weight is 821 g/mol. The van der Waals surface area contributed by atoms with Gasteiger partial charge in [0.05, 0.1) is 11.2 Å². The van der Waals surface area contributed by atoms with E-state index >= 15 is 0 Å². The first-order valence-corrected chi connectivity index (χ1v) is 21.9. The number of thiophene rings is 1. The Morgan fingerprint density at radius 3 is 1.32 bits per heavy atom. The molecule has 0 unspecified atom stereocenters. The summed E-state index contributed by atoms with van der Waals surface area (Å²) in [4.78, 5) is 20.6. The lowest BCUT2D eigenvalue weighted by atomic mass is 9.96. The third kappa shape index (κ3) is 6.72. The number of benzene rings is 9. The van der Waals surface area contributed by atoms with Crippen molar-refractivity contribution in [2.45, 2.75) is 0 Å². The quantitative estimate of drug-likeness (QED) is 0.150. The average Bonchev–Trinajstić information content (AvgIpc) is 3.76. The lowest BCUT2D eigenvalue weighted by Gasteiger charge is -2.12. The van der Waals surface area contributed by atoms with Crippen molar-refractivity contribution in [1.29, 1.82) is 0 Å². The summed E-state index contributed by atoms with van der Waals surface area (Å²) in [6.45, 7) is 0. The molecule has 0 aliphatic rings. The third-order valence-electron chi connectivity index (χ3n) is 11.9. The van der Waals surface area contributed by atoms with Gasteiger partial charge in [0, 0.05) is 47.8 Å². The molecule has 0 fully saturated rings. The highest BCUT2D eigenvalue weighted by Crippen LogP contribution is 2.45. The summed E-state index contributed by atoms with van der Waals surface area (Å²) in [6.07, 6.45) is 0. The molecule has 0 N–H and O–H groups in total. The van der Waals surface area contributed by atoms with Crippen molar-refractivity contribution in [3.63, 3.8) is 0 Å². The van der Waals surface area contributed by atoms with Crippen LogP contribution in [0.5, 0.6) is 0 Å². The zero-order valence-electron chi connectivity index (χ0n) is 34.0. The molecule has 0 atom stereocenters. The fourth-order valence-corrected chi connectivity index (χ4v) is 10.0. The van der Waals surface area contributed by atoms with Crippen LogP contribution < -0.4 is 0 Å². The Morgan fingerprint density at radius 1 is 0.286 bits per heavy atom. The van der Waals surface area contributed by atoms with Crippen LogP contribution >= 0.6 is 11.3 Å². The Hall–Kier alpha value is -8.12. The molecule has 3 aromatic heterocycles. The van der Waals surface area contributed by atoms with Crippen molar-refractivity contribution in [2.75, 3.05) is 0 Å². The van der Waals surface area contributed by atoms with Crippen molar-refractivity contribution in [2.24, 2.45) is 0 Å². The fraction of sp³-hybridized carbons (Fsp3) is 0. The maximum Gasteiger partial charge on any atom is 0.164 e. The molecule has 63 heavy (non-hydrogen) atoms. The van der Waals surface area contributed by atoms with E-state index < -0.39 is 0 Å². The van der Waals surface area contributed by atoms with Gasteiger partial charge in [-0.25, -0.2) is 19.9 Å². The lowest BCUT2D eigenvalue weighted by molar-refractivity contribution is 1.07. The fourth-order valence-electron chi connectivity index (χ4n) is 8.74. The van der Waals surface area contributed by atoms with E-state index in [1.54, 1.807) is 0 Å². The van der Waals surface area contributed by atoms with Crippen LogP contribution in [-0.2, 0) is 0 Å². The largest absolute Gasteiger partial charge is 0.247 e. The van der Waals surface area contributed by atoms with Gasteiger partial charge >= 0.3 is 0 Å². The first kappa shape index (κ1) is 36.7. The predicted octanol–water partition coefficient (Wildman–Crippen LogP) is 15.6. The summed E-state index contributed by atoms with van der Waals surface area (Å²) >= 11 is 1.86. The minimum absolute atomic E-state index is 0.620. The second kappa shape index (κ2) is 15.4. The van der Waals surface area contributed by atoms with Gasteiger partial charge in [0.15, 0.2) is 17.5 Å². The van der Waals surface area contributed by atoms with Gasteiger partial charge in [0.2, 0.25) is 0 Å². The van der Waals surface area contributed by atoms with E-state index in [1.807, 2.05) is 23.5 Å². The van der Waals surface area contributed by atoms with E-state index in [9.17, 15) is 0 Å². The van der Waals surface area contributed by atoms with Crippen LogP contribution in [0.15, 0.2) is 218 Å². The SMILES string of the molecule is c1ccc(-c2ccc(-c3nc(-c4ccc(-c5ccccc5)cc4)nc(-c4ccc(-c5cccc(-c6nc7ccc8ccccc8c7c7sc8ccccc8c67)c5)cc4)n3)cc2)cc1. The molecule has 0 saturated heterocycles. The Labute approximate surface area is 368 Å². The summed E-state index contributed by atoms with van der Waals surface area (Å²) in [7, 11) is 0. The second-order valence-corrected chi connectivity index (χ2v) is 16.8.